The van der Waals surface area contributed by atoms with Gasteiger partial charge in [0, 0.05) is 6.07 Å². The molecule has 8 heteroatoms. The highest BCUT2D eigenvalue weighted by Crippen LogP contribution is 2.40. The second-order valence-corrected chi connectivity index (χ2v) is 11.1. The predicted octanol–water partition coefficient (Wildman–Crippen LogP) is 3.35. The summed E-state index contributed by atoms with van der Waals surface area (Å²) in [5.74, 6) is 0.279. The minimum Gasteiger partial charge on any atom is -0.488 e. The van der Waals surface area contributed by atoms with Crippen molar-refractivity contribution in [1.29, 1.82) is 0 Å². The third-order valence-electron chi connectivity index (χ3n) is 6.20. The van der Waals surface area contributed by atoms with Crippen molar-refractivity contribution in [3.63, 3.8) is 0 Å². The predicted molar refractivity (Wildman–Crippen MR) is 133 cm³/mol. The van der Waals surface area contributed by atoms with E-state index in [0.717, 1.165) is 43.1 Å². The maximum absolute atomic E-state index is 13.4. The van der Waals surface area contributed by atoms with E-state index in [9.17, 15) is 9.59 Å². The van der Waals surface area contributed by atoms with Crippen LogP contribution < -0.4 is 10.1 Å². The Morgan fingerprint density at radius 2 is 1.82 bits per heavy atom. The molecule has 1 aromatic heterocycles. The maximum atomic E-state index is 13.4. The van der Waals surface area contributed by atoms with Gasteiger partial charge in [-0.1, -0.05) is 24.3 Å². The van der Waals surface area contributed by atoms with E-state index in [4.69, 9.17) is 14.5 Å². The SMILES string of the molecule is COC(=O)CC1(C(=O)NCc2nc3cc(OCC[N+](C)(C)C)ccc3s2)Cc2ccccc2C1. The van der Waals surface area contributed by atoms with Crippen molar-refractivity contribution < 1.29 is 23.5 Å². The molecule has 34 heavy (non-hydrogen) atoms. The number of carbonyl (C=O) groups is 2. The van der Waals surface area contributed by atoms with E-state index in [-0.39, 0.29) is 18.3 Å². The molecule has 0 saturated carbocycles. The Labute approximate surface area is 204 Å². The van der Waals surface area contributed by atoms with Crippen molar-refractivity contribution in [2.75, 3.05) is 41.4 Å². The van der Waals surface area contributed by atoms with Gasteiger partial charge in [0.15, 0.2) is 0 Å². The molecule has 2 aromatic carbocycles. The molecule has 1 heterocycles. The number of hydrogen-bond acceptors (Lipinski definition) is 6. The van der Waals surface area contributed by atoms with Gasteiger partial charge in [0.1, 0.15) is 23.9 Å². The van der Waals surface area contributed by atoms with Gasteiger partial charge in [0.05, 0.1) is 56.9 Å². The van der Waals surface area contributed by atoms with Crippen LogP contribution in [0.4, 0.5) is 0 Å². The second-order valence-electron chi connectivity index (χ2n) is 9.94. The highest BCUT2D eigenvalue weighted by molar-refractivity contribution is 7.18. The number of likely N-dealkylation sites (N-methyl/N-ethyl adjacent to an activating group) is 1. The molecule has 1 aliphatic carbocycles. The van der Waals surface area contributed by atoms with Gasteiger partial charge in [-0.25, -0.2) is 4.98 Å². The number of methoxy groups -OCH3 is 1. The number of carbonyl (C=O) groups excluding carboxylic acids is 2. The van der Waals surface area contributed by atoms with Gasteiger partial charge in [0.2, 0.25) is 5.91 Å². The van der Waals surface area contributed by atoms with E-state index in [1.54, 1.807) is 11.3 Å². The van der Waals surface area contributed by atoms with Crippen LogP contribution >= 0.6 is 11.3 Å². The normalized spacial score (nSPS) is 14.6. The number of esters is 1. The van der Waals surface area contributed by atoms with Gasteiger partial charge >= 0.3 is 5.97 Å². The zero-order valence-corrected chi connectivity index (χ0v) is 21.0. The van der Waals surface area contributed by atoms with Crippen LogP contribution in [0.25, 0.3) is 10.2 Å². The summed E-state index contributed by atoms with van der Waals surface area (Å²) in [5.41, 5.74) is 2.24. The summed E-state index contributed by atoms with van der Waals surface area (Å²) in [6, 6.07) is 13.9. The standard InChI is InChI=1S/C26H31N3O4S/c1-29(2,3)11-12-33-20-9-10-22-21(13-20)28-23(34-22)17-27-25(31)26(16-24(30)32-4)14-18-7-5-6-8-19(18)15-26/h5-10,13H,11-12,14-17H2,1-4H3/p+1. The third kappa shape index (κ3) is 5.56. The molecule has 0 radical (unpaired) electrons. The molecule has 1 aliphatic rings. The molecule has 0 unspecified atom stereocenters. The Bertz CT molecular complexity index is 1170. The van der Waals surface area contributed by atoms with Crippen LogP contribution in [0.15, 0.2) is 42.5 Å². The van der Waals surface area contributed by atoms with E-state index in [0.29, 0.717) is 26.0 Å². The highest BCUT2D eigenvalue weighted by Gasteiger charge is 2.45. The van der Waals surface area contributed by atoms with Crippen molar-refractivity contribution in [2.24, 2.45) is 5.41 Å². The maximum Gasteiger partial charge on any atom is 0.306 e. The molecule has 1 N–H and O–H groups in total. The smallest absolute Gasteiger partial charge is 0.306 e. The lowest BCUT2D eigenvalue weighted by Crippen LogP contribution is -2.43. The Morgan fingerprint density at radius 3 is 2.47 bits per heavy atom. The van der Waals surface area contributed by atoms with Gasteiger partial charge in [-0.2, -0.15) is 0 Å². The molecule has 0 saturated heterocycles. The van der Waals surface area contributed by atoms with E-state index in [2.05, 4.69) is 26.5 Å². The van der Waals surface area contributed by atoms with Gasteiger partial charge < -0.3 is 19.3 Å². The van der Waals surface area contributed by atoms with Crippen LogP contribution in [-0.4, -0.2) is 62.7 Å². The van der Waals surface area contributed by atoms with Crippen LogP contribution in [0.5, 0.6) is 5.75 Å². The summed E-state index contributed by atoms with van der Waals surface area (Å²) in [6.07, 6.45) is 1.10. The Balaban J connectivity index is 1.43. The minimum absolute atomic E-state index is 0.0534. The molecule has 3 aromatic rings. The van der Waals surface area contributed by atoms with Gasteiger partial charge in [-0.3, -0.25) is 9.59 Å². The Hall–Kier alpha value is -2.97. The number of ether oxygens (including phenoxy) is 2. The number of hydrogen-bond donors (Lipinski definition) is 1. The molecular formula is C26H32N3O4S+. The van der Waals surface area contributed by atoms with Crippen molar-refractivity contribution in [1.82, 2.24) is 10.3 Å². The number of aromatic nitrogens is 1. The van der Waals surface area contributed by atoms with Gasteiger partial charge in [-0.15, -0.1) is 11.3 Å². The van der Waals surface area contributed by atoms with Gasteiger partial charge in [-0.05, 0) is 36.1 Å². The first-order valence-corrected chi connectivity index (χ1v) is 12.2. The average Bonchev–Trinajstić information content (AvgIpc) is 3.37. The molecule has 1 amide bonds. The summed E-state index contributed by atoms with van der Waals surface area (Å²) in [4.78, 5) is 30.2. The summed E-state index contributed by atoms with van der Waals surface area (Å²) >= 11 is 1.55. The highest BCUT2D eigenvalue weighted by atomic mass is 32.1. The monoisotopic (exact) mass is 482 g/mol. The summed E-state index contributed by atoms with van der Waals surface area (Å²) in [6.45, 7) is 1.85. The molecule has 0 bridgehead atoms. The van der Waals surface area contributed by atoms with Gasteiger partial charge in [0.25, 0.3) is 0 Å². The van der Waals surface area contributed by atoms with E-state index in [1.165, 1.54) is 7.11 Å². The fourth-order valence-corrected chi connectivity index (χ4v) is 5.20. The first-order chi connectivity index (χ1) is 16.2. The quantitative estimate of drug-likeness (QED) is 0.374. The molecule has 0 fully saturated rings. The largest absolute Gasteiger partial charge is 0.488 e. The average molecular weight is 483 g/mol. The number of thiazole rings is 1. The Morgan fingerprint density at radius 1 is 1.12 bits per heavy atom. The van der Waals surface area contributed by atoms with Crippen molar-refractivity contribution >= 4 is 33.4 Å². The zero-order chi connectivity index (χ0) is 24.3. The number of quaternary nitrogens is 1. The van der Waals surface area contributed by atoms with Crippen LogP contribution in [0.2, 0.25) is 0 Å². The zero-order valence-electron chi connectivity index (χ0n) is 20.2. The lowest BCUT2D eigenvalue weighted by atomic mass is 9.80. The number of amides is 1. The lowest BCUT2D eigenvalue weighted by Gasteiger charge is -2.26. The first kappa shape index (κ1) is 24.2. The fourth-order valence-electron chi connectivity index (χ4n) is 4.31. The summed E-state index contributed by atoms with van der Waals surface area (Å²) < 4.78 is 12.7. The van der Waals surface area contributed by atoms with Crippen molar-refractivity contribution in [3.05, 3.63) is 58.6 Å². The Kier molecular flexibility index (Phi) is 6.91. The summed E-state index contributed by atoms with van der Waals surface area (Å²) in [7, 11) is 7.75. The molecular weight excluding hydrogens is 450 g/mol. The number of nitrogens with zero attached hydrogens (tertiary/aromatic N) is 2. The van der Waals surface area contributed by atoms with Crippen LogP contribution in [-0.2, 0) is 33.7 Å². The molecule has 7 nitrogen and oxygen atoms in total. The van der Waals surface area contributed by atoms with Crippen molar-refractivity contribution in [2.45, 2.75) is 25.8 Å². The molecule has 0 atom stereocenters. The topological polar surface area (TPSA) is 77.5 Å². The first-order valence-electron chi connectivity index (χ1n) is 11.4. The van der Waals surface area contributed by atoms with Crippen LogP contribution in [0.1, 0.15) is 22.6 Å². The molecule has 0 aliphatic heterocycles. The number of nitrogens with one attached hydrogen (secondary N) is 1. The molecule has 180 valence electrons. The van der Waals surface area contributed by atoms with E-state index in [1.807, 2.05) is 42.5 Å². The van der Waals surface area contributed by atoms with Crippen LogP contribution in [0.3, 0.4) is 0 Å². The minimum atomic E-state index is -0.833. The summed E-state index contributed by atoms with van der Waals surface area (Å²) in [5, 5.41) is 3.86. The number of rotatable bonds is 9. The van der Waals surface area contributed by atoms with Crippen molar-refractivity contribution in [3.8, 4) is 5.75 Å². The van der Waals surface area contributed by atoms with E-state index < -0.39 is 5.41 Å². The van der Waals surface area contributed by atoms with Crippen LogP contribution in [0, 0.1) is 5.41 Å². The third-order valence-corrected chi connectivity index (χ3v) is 7.24. The molecule has 0 spiro atoms. The molecule has 4 rings (SSSR count). The fraction of sp³-hybridized carbons (Fsp3) is 0.423. The van der Waals surface area contributed by atoms with E-state index >= 15 is 0 Å². The number of benzene rings is 2. The second kappa shape index (κ2) is 9.72. The lowest BCUT2D eigenvalue weighted by molar-refractivity contribution is -0.870. The number of fused-ring (bicyclic) bond motifs is 2.